The van der Waals surface area contributed by atoms with Gasteiger partial charge in [0.25, 0.3) is 0 Å². The molecule has 3 N–H and O–H groups in total. The maximum Gasteiger partial charge on any atom is 0.360 e. The predicted molar refractivity (Wildman–Crippen MR) is 47.8 cm³/mol. The molecular weight excluding hydrogens is 210 g/mol. The zero-order valence-electron chi connectivity index (χ0n) is 6.67. The summed E-state index contributed by atoms with van der Waals surface area (Å²) in [6.07, 6.45) is 0.416. The molecule has 0 aliphatic heterocycles. The zero-order valence-corrected chi connectivity index (χ0v) is 7.48. The second-order valence-electron chi connectivity index (χ2n) is 2.05. The van der Waals surface area contributed by atoms with Gasteiger partial charge in [-0.2, -0.15) is 0 Å². The van der Waals surface area contributed by atoms with Gasteiger partial charge in [-0.3, -0.25) is 4.79 Å². The molecule has 7 nitrogen and oxygen atoms in total. The summed E-state index contributed by atoms with van der Waals surface area (Å²) in [5.41, 5.74) is -0.574. The highest BCUT2D eigenvalue weighted by molar-refractivity contribution is 7.14. The van der Waals surface area contributed by atoms with Gasteiger partial charge in [-0.1, -0.05) is 5.16 Å². The van der Waals surface area contributed by atoms with Gasteiger partial charge in [-0.05, 0) is 0 Å². The van der Waals surface area contributed by atoms with E-state index in [0.29, 0.717) is 6.41 Å². The van der Waals surface area contributed by atoms with Crippen molar-refractivity contribution >= 4 is 34.6 Å². The lowest BCUT2D eigenvalue weighted by molar-refractivity contribution is -0.129. The number of nitrogens with zero attached hydrogens (tertiary/aromatic N) is 2. The number of carboxylic acids is 1. The van der Waals surface area contributed by atoms with Gasteiger partial charge in [0.2, 0.25) is 12.1 Å². The van der Waals surface area contributed by atoms with Crippen molar-refractivity contribution in [2.75, 3.05) is 5.32 Å². The van der Waals surface area contributed by atoms with Gasteiger partial charge in [0.05, 0.1) is 0 Å². The van der Waals surface area contributed by atoms with Crippen LogP contribution in [0.25, 0.3) is 0 Å². The van der Waals surface area contributed by atoms with Gasteiger partial charge in [0.15, 0.2) is 5.13 Å². The first-order valence-corrected chi connectivity index (χ1v) is 4.18. The van der Waals surface area contributed by atoms with Crippen LogP contribution < -0.4 is 5.32 Å². The minimum absolute atomic E-state index is 0.00523. The molecule has 1 amide bonds. The number of amides is 1. The Morgan fingerprint density at radius 1 is 1.71 bits per heavy atom. The number of carbonyl (C=O) groups excluding carboxylic acids is 1. The standard InChI is InChI=1S/C6H5N3O4S/c10-2-7-6-8-3(1-14-6)4(9-13)5(11)12/h1-2,13H,(H,11,12)(H,7,8,10). The minimum Gasteiger partial charge on any atom is -0.476 e. The Kier molecular flexibility index (Phi) is 3.13. The molecule has 0 atom stereocenters. The molecule has 14 heavy (non-hydrogen) atoms. The first kappa shape index (κ1) is 10.1. The van der Waals surface area contributed by atoms with Crippen LogP contribution in [0.5, 0.6) is 0 Å². The second-order valence-corrected chi connectivity index (χ2v) is 2.91. The number of nitrogens with one attached hydrogen (secondary N) is 1. The van der Waals surface area contributed by atoms with Crippen molar-refractivity contribution in [1.82, 2.24) is 4.98 Å². The number of carbonyl (C=O) groups is 2. The lowest BCUT2D eigenvalue weighted by atomic mass is 10.3. The van der Waals surface area contributed by atoms with Crippen LogP contribution in [0.2, 0.25) is 0 Å². The van der Waals surface area contributed by atoms with Crippen LogP contribution in [0.4, 0.5) is 5.13 Å². The lowest BCUT2D eigenvalue weighted by Crippen LogP contribution is -2.14. The second kappa shape index (κ2) is 4.33. The molecule has 0 fully saturated rings. The molecule has 8 heteroatoms. The van der Waals surface area contributed by atoms with Gasteiger partial charge < -0.3 is 15.6 Å². The molecule has 1 aromatic heterocycles. The van der Waals surface area contributed by atoms with E-state index >= 15 is 0 Å². The van der Waals surface area contributed by atoms with Crippen molar-refractivity contribution in [2.45, 2.75) is 0 Å². The fourth-order valence-corrected chi connectivity index (χ4v) is 1.36. The van der Waals surface area contributed by atoms with Crippen LogP contribution in [0, 0.1) is 0 Å². The Bertz CT molecular complexity index is 386. The van der Waals surface area contributed by atoms with E-state index in [1.807, 2.05) is 0 Å². The highest BCUT2D eigenvalue weighted by Gasteiger charge is 2.16. The number of anilines is 1. The molecule has 0 aliphatic carbocycles. The van der Waals surface area contributed by atoms with Gasteiger partial charge in [-0.25, -0.2) is 9.78 Å². The van der Waals surface area contributed by atoms with Crippen LogP contribution in [0.1, 0.15) is 5.69 Å². The third-order valence-corrected chi connectivity index (χ3v) is 2.01. The number of rotatable bonds is 4. The number of aromatic nitrogens is 1. The Morgan fingerprint density at radius 3 is 2.93 bits per heavy atom. The van der Waals surface area contributed by atoms with Crippen molar-refractivity contribution in [2.24, 2.45) is 5.16 Å². The van der Waals surface area contributed by atoms with Gasteiger partial charge in [0.1, 0.15) is 5.69 Å². The first-order chi connectivity index (χ1) is 6.69. The van der Waals surface area contributed by atoms with Crippen molar-refractivity contribution in [3.63, 3.8) is 0 Å². The third-order valence-electron chi connectivity index (χ3n) is 1.23. The van der Waals surface area contributed by atoms with Crippen LogP contribution >= 0.6 is 11.3 Å². The Hall–Kier alpha value is -1.96. The number of aliphatic carboxylic acids is 1. The maximum atomic E-state index is 10.5. The quantitative estimate of drug-likeness (QED) is 0.282. The average Bonchev–Trinajstić information content (AvgIpc) is 2.54. The van der Waals surface area contributed by atoms with Crippen molar-refractivity contribution in [3.05, 3.63) is 11.1 Å². The van der Waals surface area contributed by atoms with E-state index in [0.717, 1.165) is 11.3 Å². The molecular formula is C6H5N3O4S. The molecule has 0 aromatic carbocycles. The molecule has 0 bridgehead atoms. The zero-order chi connectivity index (χ0) is 10.6. The van der Waals surface area contributed by atoms with Crippen molar-refractivity contribution in [1.29, 1.82) is 0 Å². The predicted octanol–water partition coefficient (Wildman–Crippen LogP) is -0.0257. The van der Waals surface area contributed by atoms with Gasteiger partial charge in [0, 0.05) is 5.38 Å². The van der Waals surface area contributed by atoms with E-state index < -0.39 is 11.7 Å². The van der Waals surface area contributed by atoms with Crippen molar-refractivity contribution < 1.29 is 19.9 Å². The summed E-state index contributed by atoms with van der Waals surface area (Å²) in [5, 5.41) is 23.3. The summed E-state index contributed by atoms with van der Waals surface area (Å²) in [7, 11) is 0. The maximum absolute atomic E-state index is 10.5. The van der Waals surface area contributed by atoms with E-state index in [1.54, 1.807) is 0 Å². The Balaban J connectivity index is 2.95. The molecule has 1 aromatic rings. The van der Waals surface area contributed by atoms with Crippen LogP contribution in [0.15, 0.2) is 10.5 Å². The molecule has 1 heterocycles. The molecule has 0 aliphatic rings. The third kappa shape index (κ3) is 2.04. The summed E-state index contributed by atoms with van der Waals surface area (Å²) in [5.74, 6) is -1.39. The number of hydrogen-bond donors (Lipinski definition) is 3. The van der Waals surface area contributed by atoms with E-state index in [-0.39, 0.29) is 10.8 Å². The molecule has 1 rings (SSSR count). The lowest BCUT2D eigenvalue weighted by Gasteiger charge is -1.91. The Morgan fingerprint density at radius 2 is 2.43 bits per heavy atom. The summed E-state index contributed by atoms with van der Waals surface area (Å²) >= 11 is 1.03. The fourth-order valence-electron chi connectivity index (χ4n) is 0.703. The van der Waals surface area contributed by atoms with Gasteiger partial charge >= 0.3 is 5.97 Å². The molecule has 0 saturated heterocycles. The summed E-state index contributed by atoms with van der Waals surface area (Å²) in [4.78, 5) is 24.2. The van der Waals surface area contributed by atoms with Crippen LogP contribution in [-0.2, 0) is 9.59 Å². The molecule has 0 radical (unpaired) electrons. The normalized spacial score (nSPS) is 11.0. The first-order valence-electron chi connectivity index (χ1n) is 3.30. The van der Waals surface area contributed by atoms with Gasteiger partial charge in [-0.15, -0.1) is 11.3 Å². The van der Waals surface area contributed by atoms with E-state index in [9.17, 15) is 9.59 Å². The Labute approximate surface area is 81.7 Å². The monoisotopic (exact) mass is 215 g/mol. The number of hydrogen-bond acceptors (Lipinski definition) is 6. The highest BCUT2D eigenvalue weighted by atomic mass is 32.1. The molecule has 0 spiro atoms. The van der Waals surface area contributed by atoms with E-state index in [4.69, 9.17) is 10.3 Å². The number of oxime groups is 1. The minimum atomic E-state index is -1.39. The molecule has 74 valence electrons. The highest BCUT2D eigenvalue weighted by Crippen LogP contribution is 2.15. The number of thiazole rings is 1. The SMILES string of the molecule is O=CNc1nc(C(=NO)C(=O)O)cs1. The average molecular weight is 215 g/mol. The molecule has 0 unspecified atom stereocenters. The number of carboxylic acid groups (broad SMARTS) is 1. The van der Waals surface area contributed by atoms with Crippen LogP contribution in [0.3, 0.4) is 0 Å². The van der Waals surface area contributed by atoms with Crippen molar-refractivity contribution in [3.8, 4) is 0 Å². The smallest absolute Gasteiger partial charge is 0.360 e. The van der Waals surface area contributed by atoms with Crippen LogP contribution in [-0.4, -0.2) is 33.4 Å². The van der Waals surface area contributed by atoms with E-state index in [2.05, 4.69) is 15.5 Å². The fraction of sp³-hybridized carbons (Fsp3) is 0. The summed E-state index contributed by atoms with van der Waals surface area (Å²) < 4.78 is 0. The topological polar surface area (TPSA) is 112 Å². The summed E-state index contributed by atoms with van der Waals surface area (Å²) in [6.45, 7) is 0. The van der Waals surface area contributed by atoms with E-state index in [1.165, 1.54) is 5.38 Å². The largest absolute Gasteiger partial charge is 0.476 e. The molecule has 0 saturated carbocycles. The summed E-state index contributed by atoms with van der Waals surface area (Å²) in [6, 6.07) is 0.